The van der Waals surface area contributed by atoms with E-state index in [1.165, 1.54) is 32.1 Å². The van der Waals surface area contributed by atoms with E-state index >= 15 is 0 Å². The molecule has 4 fully saturated rings. The van der Waals surface area contributed by atoms with Crippen LogP contribution in [0.5, 0.6) is 5.75 Å². The van der Waals surface area contributed by atoms with Crippen molar-refractivity contribution in [2.75, 3.05) is 0 Å². The molecular weight excluding hydrogens is 334 g/mol. The fraction of sp³-hybridized carbons (Fsp3) is 0.556. The van der Waals surface area contributed by atoms with Gasteiger partial charge in [-0.25, -0.2) is 4.57 Å². The molecule has 4 bridgehead atoms. The molecule has 0 unspecified atom stereocenters. The van der Waals surface area contributed by atoms with E-state index in [9.17, 15) is 4.57 Å². The summed E-state index contributed by atoms with van der Waals surface area (Å²) >= 11 is 0. The van der Waals surface area contributed by atoms with Crippen LogP contribution in [0, 0.1) is 29.6 Å². The molecular formula is C18H24NaO4P. The molecule has 6 heteroatoms. The monoisotopic (exact) mass is 358 g/mol. The molecule has 0 aromatic heterocycles. The Morgan fingerprint density at radius 3 is 2.21 bits per heavy atom. The molecule has 0 heterocycles. The third-order valence-electron chi connectivity index (χ3n) is 6.06. The van der Waals surface area contributed by atoms with Crippen molar-refractivity contribution in [3.63, 3.8) is 0 Å². The summed E-state index contributed by atoms with van der Waals surface area (Å²) in [5.74, 6) is 4.06. The van der Waals surface area contributed by atoms with Gasteiger partial charge in [0.15, 0.2) is 0 Å². The van der Waals surface area contributed by atoms with Crippen molar-refractivity contribution < 1.29 is 18.9 Å². The van der Waals surface area contributed by atoms with Crippen molar-refractivity contribution in [3.05, 3.63) is 36.4 Å². The minimum atomic E-state index is -4.52. The molecule has 2 N–H and O–H groups in total. The SMILES string of the molecule is C=C(c1cccc(OP(=O)(O)O)c1)C1C2CC3CC(C2)CC1C3.[NaH]. The molecule has 4 nitrogen and oxygen atoms in total. The number of hydrogen-bond acceptors (Lipinski definition) is 2. The first-order valence-electron chi connectivity index (χ1n) is 8.43. The summed E-state index contributed by atoms with van der Waals surface area (Å²) in [5.41, 5.74) is 2.07. The Kier molecular flexibility index (Phi) is 5.38. The Labute approximate surface area is 165 Å². The maximum atomic E-state index is 11.0. The van der Waals surface area contributed by atoms with Gasteiger partial charge in [0, 0.05) is 0 Å². The molecule has 0 atom stereocenters. The summed E-state index contributed by atoms with van der Waals surface area (Å²) in [6.07, 6.45) is 6.74. The van der Waals surface area contributed by atoms with Crippen molar-refractivity contribution in [1.29, 1.82) is 0 Å². The van der Waals surface area contributed by atoms with Gasteiger partial charge in [0.2, 0.25) is 0 Å². The Morgan fingerprint density at radius 2 is 1.67 bits per heavy atom. The number of hydrogen-bond donors (Lipinski definition) is 2. The summed E-state index contributed by atoms with van der Waals surface area (Å²) in [4.78, 5) is 18.0. The van der Waals surface area contributed by atoms with Crippen molar-refractivity contribution in [2.24, 2.45) is 29.6 Å². The van der Waals surface area contributed by atoms with Crippen LogP contribution in [0.25, 0.3) is 5.57 Å². The van der Waals surface area contributed by atoms with Crippen LogP contribution < -0.4 is 4.52 Å². The number of rotatable bonds is 4. The molecule has 0 amide bonds. The van der Waals surface area contributed by atoms with Gasteiger partial charge in [0.25, 0.3) is 0 Å². The van der Waals surface area contributed by atoms with E-state index in [0.29, 0.717) is 5.92 Å². The summed E-state index contributed by atoms with van der Waals surface area (Å²) in [6, 6.07) is 7.04. The predicted octanol–water partition coefficient (Wildman–Crippen LogP) is 3.60. The van der Waals surface area contributed by atoms with E-state index in [2.05, 4.69) is 6.58 Å². The first-order chi connectivity index (χ1) is 10.9. The predicted molar refractivity (Wildman–Crippen MR) is 95.8 cm³/mol. The van der Waals surface area contributed by atoms with E-state index in [1.54, 1.807) is 18.2 Å². The van der Waals surface area contributed by atoms with Gasteiger partial charge in [-0.3, -0.25) is 9.79 Å². The van der Waals surface area contributed by atoms with Crippen LogP contribution in [-0.2, 0) is 4.57 Å². The zero-order valence-electron chi connectivity index (χ0n) is 13.1. The molecule has 0 radical (unpaired) electrons. The molecule has 4 aliphatic carbocycles. The van der Waals surface area contributed by atoms with Gasteiger partial charge in [-0.05, 0) is 85.0 Å². The van der Waals surface area contributed by atoms with Crippen LogP contribution in [0.1, 0.15) is 37.7 Å². The van der Waals surface area contributed by atoms with Crippen LogP contribution >= 0.6 is 7.82 Å². The molecule has 4 saturated carbocycles. The number of phosphoric acid groups is 1. The normalized spacial score (nSPS) is 33.8. The Hall–Kier alpha value is -0.0900. The summed E-state index contributed by atoms with van der Waals surface area (Å²) in [6.45, 7) is 4.36. The quantitative estimate of drug-likeness (QED) is 0.638. The van der Waals surface area contributed by atoms with Gasteiger partial charge in [0.1, 0.15) is 5.75 Å². The Balaban J connectivity index is 0.00000169. The van der Waals surface area contributed by atoms with Gasteiger partial charge in [-0.1, -0.05) is 18.7 Å². The van der Waals surface area contributed by atoms with Gasteiger partial charge in [0.05, 0.1) is 0 Å². The first-order valence-corrected chi connectivity index (χ1v) is 9.96. The van der Waals surface area contributed by atoms with E-state index in [0.717, 1.165) is 34.8 Å². The van der Waals surface area contributed by atoms with Crippen molar-refractivity contribution in [3.8, 4) is 5.75 Å². The van der Waals surface area contributed by atoms with E-state index in [4.69, 9.17) is 14.3 Å². The molecule has 1 aromatic rings. The van der Waals surface area contributed by atoms with Crippen LogP contribution in [-0.4, -0.2) is 39.3 Å². The van der Waals surface area contributed by atoms with E-state index in [-0.39, 0.29) is 35.3 Å². The molecule has 0 spiro atoms. The molecule has 1 aromatic carbocycles. The maximum absolute atomic E-state index is 11.0. The zero-order chi connectivity index (χ0) is 16.2. The van der Waals surface area contributed by atoms with Crippen molar-refractivity contribution in [2.45, 2.75) is 32.1 Å². The van der Waals surface area contributed by atoms with Gasteiger partial charge < -0.3 is 4.52 Å². The van der Waals surface area contributed by atoms with Crippen molar-refractivity contribution >= 4 is 43.0 Å². The van der Waals surface area contributed by atoms with Crippen LogP contribution in [0.15, 0.2) is 30.8 Å². The van der Waals surface area contributed by atoms with E-state index < -0.39 is 7.82 Å². The van der Waals surface area contributed by atoms with Crippen LogP contribution in [0.4, 0.5) is 0 Å². The molecule has 5 rings (SSSR count). The minimum absolute atomic E-state index is 0. The fourth-order valence-corrected chi connectivity index (χ4v) is 5.96. The number of phosphoric ester groups is 1. The Morgan fingerprint density at radius 1 is 1.08 bits per heavy atom. The fourth-order valence-electron chi connectivity index (χ4n) is 5.58. The van der Waals surface area contributed by atoms with Crippen LogP contribution in [0.2, 0.25) is 0 Å². The summed E-state index contributed by atoms with van der Waals surface area (Å²) in [7, 11) is -4.52. The van der Waals surface area contributed by atoms with Gasteiger partial charge >= 0.3 is 37.4 Å². The van der Waals surface area contributed by atoms with Crippen LogP contribution in [0.3, 0.4) is 0 Å². The molecule has 4 aliphatic rings. The number of allylic oxidation sites excluding steroid dienone is 1. The second-order valence-electron chi connectivity index (χ2n) is 7.59. The molecule has 0 saturated heterocycles. The number of benzene rings is 1. The summed E-state index contributed by atoms with van der Waals surface area (Å²) < 4.78 is 15.8. The average Bonchev–Trinajstić information content (AvgIpc) is 2.44. The van der Waals surface area contributed by atoms with Gasteiger partial charge in [-0.15, -0.1) is 0 Å². The molecule has 0 aliphatic heterocycles. The molecule has 24 heavy (non-hydrogen) atoms. The standard InChI is InChI=1S/C18H23O4P.Na.H/c1-11(14-3-2-4-17(10-14)22-23(19,20)21)18-15-6-12-5-13(8-15)9-16(18)7-12;;/h2-4,10,12-13,15-16,18H,1,5-9H2,(H2,19,20,21);;. The average molecular weight is 358 g/mol. The zero-order valence-corrected chi connectivity index (χ0v) is 14.0. The van der Waals surface area contributed by atoms with Crippen molar-refractivity contribution in [1.82, 2.24) is 0 Å². The topological polar surface area (TPSA) is 66.8 Å². The molecule has 126 valence electrons. The second kappa shape index (κ2) is 6.90. The Bertz CT molecular complexity index is 655. The summed E-state index contributed by atoms with van der Waals surface area (Å²) in [5, 5.41) is 0. The second-order valence-corrected chi connectivity index (χ2v) is 8.76. The van der Waals surface area contributed by atoms with E-state index in [1.807, 2.05) is 6.07 Å². The van der Waals surface area contributed by atoms with Gasteiger partial charge in [-0.2, -0.15) is 0 Å². The third-order valence-corrected chi connectivity index (χ3v) is 6.51. The first kappa shape index (κ1) is 18.7. The third kappa shape index (κ3) is 3.70.